The summed E-state index contributed by atoms with van der Waals surface area (Å²) in [5.41, 5.74) is 6.42. The zero-order valence-corrected chi connectivity index (χ0v) is 12.8. The van der Waals surface area contributed by atoms with E-state index >= 15 is 0 Å². The van der Waals surface area contributed by atoms with E-state index in [2.05, 4.69) is 5.32 Å². The molecule has 1 aromatic carbocycles. The van der Waals surface area contributed by atoms with Gasteiger partial charge >= 0.3 is 6.09 Å². The highest BCUT2D eigenvalue weighted by molar-refractivity contribution is 5.68. The van der Waals surface area contributed by atoms with Gasteiger partial charge in [0.25, 0.3) is 0 Å². The van der Waals surface area contributed by atoms with Gasteiger partial charge in [0.15, 0.2) is 11.5 Å². The van der Waals surface area contributed by atoms with E-state index in [1.54, 1.807) is 19.1 Å². The summed E-state index contributed by atoms with van der Waals surface area (Å²) in [6.45, 7) is 2.20. The number of nitrogens with one attached hydrogen (secondary N) is 1. The summed E-state index contributed by atoms with van der Waals surface area (Å²) in [6.07, 6.45) is -0.537. The third-order valence-corrected chi connectivity index (χ3v) is 2.91. The summed E-state index contributed by atoms with van der Waals surface area (Å²) in [5, 5.41) is 2.68. The maximum Gasteiger partial charge on any atom is 0.407 e. The Kier molecular flexibility index (Phi) is 6.61. The van der Waals surface area contributed by atoms with Crippen molar-refractivity contribution in [3.63, 3.8) is 0 Å². The molecule has 21 heavy (non-hydrogen) atoms. The van der Waals surface area contributed by atoms with Crippen LogP contribution < -0.4 is 25.3 Å². The standard InChI is InChI=1S/C14H22N2O5/c1-5-21-14(17)16-10(8-15)9-6-12(19-3)13(20-4)7-11(9)18-2/h6-7,10H,5,8,15H2,1-4H3,(H,16,17). The molecule has 7 nitrogen and oxygen atoms in total. The van der Waals surface area contributed by atoms with E-state index < -0.39 is 12.1 Å². The van der Waals surface area contributed by atoms with Crippen LogP contribution in [0.4, 0.5) is 4.79 Å². The zero-order chi connectivity index (χ0) is 15.8. The smallest absolute Gasteiger partial charge is 0.407 e. The molecule has 1 unspecified atom stereocenters. The van der Waals surface area contributed by atoms with Crippen molar-refractivity contribution in [1.82, 2.24) is 5.32 Å². The van der Waals surface area contributed by atoms with Crippen LogP contribution in [-0.2, 0) is 4.74 Å². The molecule has 0 aliphatic carbocycles. The van der Waals surface area contributed by atoms with E-state index in [0.717, 1.165) is 0 Å². The Bertz CT molecular complexity index is 479. The monoisotopic (exact) mass is 298 g/mol. The van der Waals surface area contributed by atoms with Crippen molar-refractivity contribution in [3.8, 4) is 17.2 Å². The van der Waals surface area contributed by atoms with E-state index in [-0.39, 0.29) is 13.2 Å². The lowest BCUT2D eigenvalue weighted by Gasteiger charge is -2.21. The predicted octanol–water partition coefficient (Wildman–Crippen LogP) is 1.46. The summed E-state index contributed by atoms with van der Waals surface area (Å²) in [7, 11) is 4.60. The van der Waals surface area contributed by atoms with E-state index in [0.29, 0.717) is 22.8 Å². The van der Waals surface area contributed by atoms with Crippen molar-refractivity contribution in [3.05, 3.63) is 17.7 Å². The first-order valence-corrected chi connectivity index (χ1v) is 6.54. The van der Waals surface area contributed by atoms with Crippen LogP contribution >= 0.6 is 0 Å². The fraction of sp³-hybridized carbons (Fsp3) is 0.500. The fourth-order valence-corrected chi connectivity index (χ4v) is 1.90. The molecule has 0 aliphatic heterocycles. The quantitative estimate of drug-likeness (QED) is 0.791. The van der Waals surface area contributed by atoms with Gasteiger partial charge in [-0.2, -0.15) is 0 Å². The van der Waals surface area contributed by atoms with Crippen LogP contribution in [0.3, 0.4) is 0 Å². The third-order valence-electron chi connectivity index (χ3n) is 2.91. The molecule has 7 heteroatoms. The topological polar surface area (TPSA) is 92.0 Å². The third kappa shape index (κ3) is 4.16. The lowest BCUT2D eigenvalue weighted by atomic mass is 10.0. The molecule has 0 saturated heterocycles. The molecule has 118 valence electrons. The maximum atomic E-state index is 11.6. The largest absolute Gasteiger partial charge is 0.496 e. The van der Waals surface area contributed by atoms with Crippen molar-refractivity contribution in [2.45, 2.75) is 13.0 Å². The maximum absolute atomic E-state index is 11.6. The number of benzene rings is 1. The predicted molar refractivity (Wildman–Crippen MR) is 78.1 cm³/mol. The summed E-state index contributed by atoms with van der Waals surface area (Å²) in [6, 6.07) is 2.95. The van der Waals surface area contributed by atoms with Crippen LogP contribution in [-0.4, -0.2) is 40.6 Å². The number of alkyl carbamates (subject to hydrolysis) is 1. The van der Waals surface area contributed by atoms with Gasteiger partial charge < -0.3 is 30.0 Å². The number of carbonyl (C=O) groups is 1. The van der Waals surface area contributed by atoms with E-state index in [1.165, 1.54) is 21.3 Å². The average Bonchev–Trinajstić information content (AvgIpc) is 2.51. The molecule has 0 bridgehead atoms. The molecule has 1 rings (SSSR count). The van der Waals surface area contributed by atoms with Crippen LogP contribution in [0.2, 0.25) is 0 Å². The van der Waals surface area contributed by atoms with Gasteiger partial charge in [-0.1, -0.05) is 0 Å². The molecule has 1 amide bonds. The van der Waals surface area contributed by atoms with Gasteiger partial charge in [0.2, 0.25) is 0 Å². The molecular formula is C14H22N2O5. The molecule has 1 atom stereocenters. The van der Waals surface area contributed by atoms with E-state index in [1.807, 2.05) is 0 Å². The first kappa shape index (κ1) is 16.9. The van der Waals surface area contributed by atoms with Gasteiger partial charge in [-0.15, -0.1) is 0 Å². The van der Waals surface area contributed by atoms with Crippen molar-refractivity contribution in [2.75, 3.05) is 34.5 Å². The van der Waals surface area contributed by atoms with Gasteiger partial charge in [0, 0.05) is 18.2 Å². The average molecular weight is 298 g/mol. The molecule has 0 radical (unpaired) electrons. The molecule has 0 fully saturated rings. The number of carbonyl (C=O) groups excluding carboxylic acids is 1. The van der Waals surface area contributed by atoms with Crippen LogP contribution in [0, 0.1) is 0 Å². The Morgan fingerprint density at radius 2 is 1.71 bits per heavy atom. The number of ether oxygens (including phenoxy) is 4. The van der Waals surface area contributed by atoms with E-state index in [4.69, 9.17) is 24.7 Å². The molecular weight excluding hydrogens is 276 g/mol. The van der Waals surface area contributed by atoms with Gasteiger partial charge in [-0.25, -0.2) is 4.79 Å². The lowest BCUT2D eigenvalue weighted by molar-refractivity contribution is 0.148. The first-order valence-electron chi connectivity index (χ1n) is 6.54. The number of hydrogen-bond donors (Lipinski definition) is 2. The molecule has 1 aromatic rings. The van der Waals surface area contributed by atoms with Gasteiger partial charge in [0.1, 0.15) is 5.75 Å². The van der Waals surface area contributed by atoms with Crippen LogP contribution in [0.1, 0.15) is 18.5 Å². The molecule has 0 saturated carbocycles. The van der Waals surface area contributed by atoms with Gasteiger partial charge in [-0.3, -0.25) is 0 Å². The van der Waals surface area contributed by atoms with Crippen molar-refractivity contribution in [2.24, 2.45) is 5.73 Å². The Balaban J connectivity index is 3.15. The molecule has 0 aliphatic rings. The number of hydrogen-bond acceptors (Lipinski definition) is 6. The number of methoxy groups -OCH3 is 3. The normalized spacial score (nSPS) is 11.5. The summed E-state index contributed by atoms with van der Waals surface area (Å²) in [5.74, 6) is 1.60. The Morgan fingerprint density at radius 1 is 1.14 bits per heavy atom. The SMILES string of the molecule is CCOC(=O)NC(CN)c1cc(OC)c(OC)cc1OC. The highest BCUT2D eigenvalue weighted by atomic mass is 16.5. The zero-order valence-electron chi connectivity index (χ0n) is 12.8. The van der Waals surface area contributed by atoms with Crippen LogP contribution in [0.5, 0.6) is 17.2 Å². The Labute approximate surface area is 124 Å². The summed E-state index contributed by atoms with van der Waals surface area (Å²) >= 11 is 0. The van der Waals surface area contributed by atoms with Gasteiger partial charge in [-0.05, 0) is 13.0 Å². The molecule has 0 heterocycles. The molecule has 0 aromatic heterocycles. The number of rotatable bonds is 7. The van der Waals surface area contributed by atoms with Crippen LogP contribution in [0.15, 0.2) is 12.1 Å². The van der Waals surface area contributed by atoms with Crippen LogP contribution in [0.25, 0.3) is 0 Å². The second-order valence-corrected chi connectivity index (χ2v) is 4.10. The van der Waals surface area contributed by atoms with Crippen molar-refractivity contribution >= 4 is 6.09 Å². The number of amides is 1. The summed E-state index contributed by atoms with van der Waals surface area (Å²) < 4.78 is 20.7. The van der Waals surface area contributed by atoms with Crippen molar-refractivity contribution < 1.29 is 23.7 Å². The minimum absolute atomic E-state index is 0.185. The lowest BCUT2D eigenvalue weighted by Crippen LogP contribution is -2.34. The fourth-order valence-electron chi connectivity index (χ4n) is 1.90. The highest BCUT2D eigenvalue weighted by Crippen LogP contribution is 2.37. The minimum Gasteiger partial charge on any atom is -0.496 e. The van der Waals surface area contributed by atoms with Gasteiger partial charge in [0.05, 0.1) is 34.0 Å². The van der Waals surface area contributed by atoms with E-state index in [9.17, 15) is 4.79 Å². The Morgan fingerprint density at radius 3 is 2.19 bits per heavy atom. The molecule has 3 N–H and O–H groups in total. The minimum atomic E-state index is -0.537. The first-order chi connectivity index (χ1) is 10.1. The molecule has 0 spiro atoms. The highest BCUT2D eigenvalue weighted by Gasteiger charge is 2.21. The second-order valence-electron chi connectivity index (χ2n) is 4.10. The number of nitrogens with two attached hydrogens (primary N) is 1. The summed E-state index contributed by atoms with van der Waals surface area (Å²) in [4.78, 5) is 11.6. The Hall–Kier alpha value is -2.15. The second kappa shape index (κ2) is 8.21. The van der Waals surface area contributed by atoms with Crippen molar-refractivity contribution in [1.29, 1.82) is 0 Å².